The SMILES string of the molecule is CC(=O)C(c1cccnc1)c1cccc(NC(=O)c2occc2C)c1. The van der Waals surface area contributed by atoms with E-state index < -0.39 is 5.92 Å². The van der Waals surface area contributed by atoms with Gasteiger partial charge in [0, 0.05) is 23.6 Å². The van der Waals surface area contributed by atoms with Gasteiger partial charge in [0.1, 0.15) is 5.78 Å². The van der Waals surface area contributed by atoms with Crippen molar-refractivity contribution < 1.29 is 14.0 Å². The maximum Gasteiger partial charge on any atom is 0.291 e. The first-order valence-electron chi connectivity index (χ1n) is 7.92. The van der Waals surface area contributed by atoms with Crippen molar-refractivity contribution in [3.05, 3.63) is 83.6 Å². The second kappa shape index (κ2) is 7.13. The van der Waals surface area contributed by atoms with Crippen LogP contribution in [0.25, 0.3) is 0 Å². The molecule has 0 bridgehead atoms. The average molecular weight is 334 g/mol. The number of hydrogen-bond donors (Lipinski definition) is 1. The molecule has 126 valence electrons. The van der Waals surface area contributed by atoms with Gasteiger partial charge in [0.2, 0.25) is 0 Å². The van der Waals surface area contributed by atoms with Gasteiger partial charge in [0.25, 0.3) is 5.91 Å². The summed E-state index contributed by atoms with van der Waals surface area (Å²) in [4.78, 5) is 28.6. The van der Waals surface area contributed by atoms with E-state index in [1.54, 1.807) is 43.6 Å². The molecule has 0 spiro atoms. The summed E-state index contributed by atoms with van der Waals surface area (Å²) in [5, 5.41) is 2.81. The van der Waals surface area contributed by atoms with E-state index in [-0.39, 0.29) is 17.5 Å². The van der Waals surface area contributed by atoms with E-state index in [4.69, 9.17) is 4.42 Å². The standard InChI is InChI=1S/C20H18N2O3/c1-13-8-10-25-19(13)20(24)22-17-7-3-5-15(11-17)18(14(2)23)16-6-4-9-21-12-16/h3-12,18H,1-2H3,(H,22,24). The fourth-order valence-corrected chi connectivity index (χ4v) is 2.80. The lowest BCUT2D eigenvalue weighted by atomic mass is 9.89. The Labute approximate surface area is 145 Å². The molecule has 0 saturated carbocycles. The molecule has 0 radical (unpaired) electrons. The summed E-state index contributed by atoms with van der Waals surface area (Å²) in [5.41, 5.74) is 2.99. The van der Waals surface area contributed by atoms with Crippen molar-refractivity contribution in [1.29, 1.82) is 0 Å². The maximum atomic E-state index is 12.3. The number of Topliss-reactive ketones (excluding diaryl/α,β-unsaturated/α-hetero) is 1. The molecule has 0 aliphatic heterocycles. The molecule has 0 saturated heterocycles. The number of benzene rings is 1. The quantitative estimate of drug-likeness (QED) is 0.766. The molecule has 1 unspecified atom stereocenters. The first-order valence-corrected chi connectivity index (χ1v) is 7.92. The van der Waals surface area contributed by atoms with Crippen LogP contribution in [-0.4, -0.2) is 16.7 Å². The molecule has 2 aromatic heterocycles. The lowest BCUT2D eigenvalue weighted by Gasteiger charge is -2.15. The van der Waals surface area contributed by atoms with Gasteiger partial charge < -0.3 is 9.73 Å². The van der Waals surface area contributed by atoms with Crippen molar-refractivity contribution in [2.24, 2.45) is 0 Å². The van der Waals surface area contributed by atoms with Crippen LogP contribution in [0.3, 0.4) is 0 Å². The highest BCUT2D eigenvalue weighted by atomic mass is 16.3. The molecule has 1 N–H and O–H groups in total. The van der Waals surface area contributed by atoms with E-state index in [9.17, 15) is 9.59 Å². The topological polar surface area (TPSA) is 72.2 Å². The number of aryl methyl sites for hydroxylation is 1. The summed E-state index contributed by atoms with van der Waals surface area (Å²) in [6.07, 6.45) is 4.83. The van der Waals surface area contributed by atoms with Crippen LogP contribution in [0.15, 0.2) is 65.5 Å². The number of aromatic nitrogens is 1. The van der Waals surface area contributed by atoms with Crippen molar-refractivity contribution in [2.45, 2.75) is 19.8 Å². The number of rotatable bonds is 5. The Morgan fingerprint density at radius 2 is 1.92 bits per heavy atom. The number of carbonyl (C=O) groups excluding carboxylic acids is 2. The van der Waals surface area contributed by atoms with E-state index in [0.29, 0.717) is 5.69 Å². The minimum Gasteiger partial charge on any atom is -0.459 e. The normalized spacial score (nSPS) is 11.8. The van der Waals surface area contributed by atoms with Gasteiger partial charge in [-0.1, -0.05) is 18.2 Å². The van der Waals surface area contributed by atoms with Crippen LogP contribution in [0, 0.1) is 6.92 Å². The summed E-state index contributed by atoms with van der Waals surface area (Å²) in [7, 11) is 0. The molecule has 5 heteroatoms. The highest BCUT2D eigenvalue weighted by Crippen LogP contribution is 2.27. The predicted octanol–water partition coefficient (Wildman–Crippen LogP) is 3.96. The van der Waals surface area contributed by atoms with Gasteiger partial charge >= 0.3 is 0 Å². The average Bonchev–Trinajstić information content (AvgIpc) is 3.02. The van der Waals surface area contributed by atoms with Crippen LogP contribution >= 0.6 is 0 Å². The highest BCUT2D eigenvalue weighted by Gasteiger charge is 2.20. The fourth-order valence-electron chi connectivity index (χ4n) is 2.80. The lowest BCUT2D eigenvalue weighted by Crippen LogP contribution is -2.14. The molecule has 25 heavy (non-hydrogen) atoms. The van der Waals surface area contributed by atoms with Gasteiger partial charge in [-0.05, 0) is 49.2 Å². The molecule has 0 aliphatic rings. The lowest BCUT2D eigenvalue weighted by molar-refractivity contribution is -0.117. The number of carbonyl (C=O) groups is 2. The highest BCUT2D eigenvalue weighted by molar-refractivity contribution is 6.03. The molecule has 1 amide bonds. The van der Waals surface area contributed by atoms with Crippen molar-refractivity contribution in [3.8, 4) is 0 Å². The maximum absolute atomic E-state index is 12.3. The van der Waals surface area contributed by atoms with Gasteiger partial charge in [-0.2, -0.15) is 0 Å². The Balaban J connectivity index is 1.89. The summed E-state index contributed by atoms with van der Waals surface area (Å²) in [5.74, 6) is -0.449. The van der Waals surface area contributed by atoms with E-state index in [1.807, 2.05) is 25.1 Å². The number of furan rings is 1. The number of pyridine rings is 1. The van der Waals surface area contributed by atoms with Gasteiger partial charge in [-0.15, -0.1) is 0 Å². The van der Waals surface area contributed by atoms with Crippen LogP contribution in [0.5, 0.6) is 0 Å². The fraction of sp³-hybridized carbons (Fsp3) is 0.150. The molecular weight excluding hydrogens is 316 g/mol. The van der Waals surface area contributed by atoms with Crippen LogP contribution in [0.2, 0.25) is 0 Å². The summed E-state index contributed by atoms with van der Waals surface area (Å²) >= 11 is 0. The first kappa shape index (κ1) is 16.6. The Bertz CT molecular complexity index is 900. The van der Waals surface area contributed by atoms with Crippen molar-refractivity contribution in [2.75, 3.05) is 5.32 Å². The molecule has 2 heterocycles. The molecule has 3 rings (SSSR count). The second-order valence-corrected chi connectivity index (χ2v) is 5.84. The summed E-state index contributed by atoms with van der Waals surface area (Å²) in [6, 6.07) is 12.7. The number of ketones is 1. The molecule has 3 aromatic rings. The summed E-state index contributed by atoms with van der Waals surface area (Å²) < 4.78 is 5.21. The van der Waals surface area contributed by atoms with E-state index in [0.717, 1.165) is 16.7 Å². The molecule has 0 aliphatic carbocycles. The molecule has 1 atom stereocenters. The monoisotopic (exact) mass is 334 g/mol. The van der Waals surface area contributed by atoms with E-state index in [2.05, 4.69) is 10.3 Å². The van der Waals surface area contributed by atoms with Crippen molar-refractivity contribution in [3.63, 3.8) is 0 Å². The van der Waals surface area contributed by atoms with Gasteiger partial charge in [-0.3, -0.25) is 14.6 Å². The smallest absolute Gasteiger partial charge is 0.291 e. The Hall–Kier alpha value is -3.21. The van der Waals surface area contributed by atoms with Crippen LogP contribution in [0.1, 0.15) is 40.1 Å². The number of nitrogens with one attached hydrogen (secondary N) is 1. The third-order valence-corrected chi connectivity index (χ3v) is 3.97. The van der Waals surface area contributed by atoms with E-state index in [1.165, 1.54) is 6.26 Å². The first-order chi connectivity index (χ1) is 12.1. The number of amides is 1. The van der Waals surface area contributed by atoms with Crippen LogP contribution < -0.4 is 5.32 Å². The van der Waals surface area contributed by atoms with Crippen LogP contribution in [0.4, 0.5) is 5.69 Å². The Morgan fingerprint density at radius 3 is 2.56 bits per heavy atom. The largest absolute Gasteiger partial charge is 0.459 e. The van der Waals surface area contributed by atoms with Gasteiger partial charge in [-0.25, -0.2) is 0 Å². The minimum atomic E-state index is -0.420. The second-order valence-electron chi connectivity index (χ2n) is 5.84. The molecule has 5 nitrogen and oxygen atoms in total. The third-order valence-electron chi connectivity index (χ3n) is 3.97. The number of nitrogens with zero attached hydrogens (tertiary/aromatic N) is 1. The number of anilines is 1. The summed E-state index contributed by atoms with van der Waals surface area (Å²) in [6.45, 7) is 3.36. The van der Waals surface area contributed by atoms with Crippen molar-refractivity contribution >= 4 is 17.4 Å². The molecule has 1 aromatic carbocycles. The Morgan fingerprint density at radius 1 is 1.12 bits per heavy atom. The predicted molar refractivity (Wildman–Crippen MR) is 94.6 cm³/mol. The zero-order valence-corrected chi connectivity index (χ0v) is 14.0. The zero-order chi connectivity index (χ0) is 17.8. The third kappa shape index (κ3) is 3.66. The molecule has 0 fully saturated rings. The van der Waals surface area contributed by atoms with E-state index >= 15 is 0 Å². The zero-order valence-electron chi connectivity index (χ0n) is 14.0. The van der Waals surface area contributed by atoms with Crippen molar-refractivity contribution in [1.82, 2.24) is 4.98 Å². The Kier molecular flexibility index (Phi) is 4.75. The number of hydrogen-bond acceptors (Lipinski definition) is 4. The molecular formula is C20H18N2O3. The minimum absolute atomic E-state index is 0.0124. The van der Waals surface area contributed by atoms with Gasteiger partial charge in [0.15, 0.2) is 5.76 Å². The van der Waals surface area contributed by atoms with Gasteiger partial charge in [0.05, 0.1) is 12.2 Å². The van der Waals surface area contributed by atoms with Crippen LogP contribution in [-0.2, 0) is 4.79 Å².